The molecule has 0 bridgehead atoms. The van der Waals surface area contributed by atoms with Crippen LogP contribution in [-0.4, -0.2) is 42.9 Å². The van der Waals surface area contributed by atoms with Crippen molar-refractivity contribution >= 4 is 60.8 Å². The summed E-state index contributed by atoms with van der Waals surface area (Å²) in [5, 5.41) is 0. The van der Waals surface area contributed by atoms with E-state index in [-0.39, 0.29) is 23.0 Å². The molecule has 0 aliphatic heterocycles. The van der Waals surface area contributed by atoms with Gasteiger partial charge in [0.05, 0.1) is 15.1 Å². The van der Waals surface area contributed by atoms with Gasteiger partial charge in [0.1, 0.15) is 5.82 Å². The van der Waals surface area contributed by atoms with E-state index in [0.29, 0.717) is 17.1 Å². The number of thioether (sulfide) groups is 2. The third-order valence-electron chi connectivity index (χ3n) is 4.22. The summed E-state index contributed by atoms with van der Waals surface area (Å²) < 4.78 is 39.5. The van der Waals surface area contributed by atoms with Gasteiger partial charge < -0.3 is 4.57 Å². The Hall–Kier alpha value is -1.62. The number of benzene rings is 2. The first kappa shape index (κ1) is 23.1. The lowest BCUT2D eigenvalue weighted by atomic mass is 10.3. The van der Waals surface area contributed by atoms with Gasteiger partial charge in [0.25, 0.3) is 0 Å². The van der Waals surface area contributed by atoms with Gasteiger partial charge in [-0.3, -0.25) is 4.79 Å². The van der Waals surface area contributed by atoms with Crippen molar-refractivity contribution in [3.8, 4) is 0 Å². The summed E-state index contributed by atoms with van der Waals surface area (Å²) in [5.41, 5.74) is 0.869. The molecule has 0 aliphatic rings. The molecule has 0 saturated carbocycles. The van der Waals surface area contributed by atoms with Crippen molar-refractivity contribution in [1.29, 1.82) is 0 Å². The number of rotatable bonds is 8. The first-order chi connectivity index (χ1) is 14.3. The standard InChI is InChI=1S/C20H21FN2O3S4/c1-27-12-10-23-17-8-7-16(30(2,25)26)13-18(17)29-20(23)22-19(24)9-11-28-15-5-3-14(21)4-6-15/h3-8,13H,9-12H2,1-2H3. The van der Waals surface area contributed by atoms with Crippen LogP contribution in [0, 0.1) is 5.82 Å². The maximum Gasteiger partial charge on any atom is 0.249 e. The van der Waals surface area contributed by atoms with Gasteiger partial charge in [-0.15, -0.1) is 11.8 Å². The number of carbonyl (C=O) groups excluding carboxylic acids is 1. The molecule has 0 spiro atoms. The molecule has 3 aromatic rings. The van der Waals surface area contributed by atoms with Crippen LogP contribution in [0.2, 0.25) is 0 Å². The van der Waals surface area contributed by atoms with Gasteiger partial charge in [-0.05, 0) is 48.7 Å². The number of fused-ring (bicyclic) bond motifs is 1. The lowest BCUT2D eigenvalue weighted by Gasteiger charge is -2.04. The van der Waals surface area contributed by atoms with E-state index >= 15 is 0 Å². The fraction of sp³-hybridized carbons (Fsp3) is 0.300. The molecular formula is C20H21FN2O3S4. The van der Waals surface area contributed by atoms with Crippen molar-refractivity contribution in [2.24, 2.45) is 4.99 Å². The van der Waals surface area contributed by atoms with Gasteiger partial charge in [-0.25, -0.2) is 12.8 Å². The highest BCUT2D eigenvalue weighted by atomic mass is 32.2. The number of nitrogens with zero attached hydrogens (tertiary/aromatic N) is 2. The molecule has 160 valence electrons. The van der Waals surface area contributed by atoms with Crippen LogP contribution in [-0.2, 0) is 21.2 Å². The Morgan fingerprint density at radius 1 is 1.17 bits per heavy atom. The van der Waals surface area contributed by atoms with Crippen molar-refractivity contribution in [2.75, 3.05) is 24.0 Å². The fourth-order valence-corrected chi connectivity index (χ4v) is 5.76. The summed E-state index contributed by atoms with van der Waals surface area (Å²) in [6.07, 6.45) is 3.44. The second-order valence-electron chi connectivity index (χ2n) is 6.49. The summed E-state index contributed by atoms with van der Waals surface area (Å²) in [5.74, 6) is 0.866. The molecular weight excluding hydrogens is 463 g/mol. The maximum absolute atomic E-state index is 13.0. The molecule has 1 amide bonds. The van der Waals surface area contributed by atoms with Gasteiger partial charge in [0, 0.05) is 35.6 Å². The van der Waals surface area contributed by atoms with Crippen molar-refractivity contribution < 1.29 is 17.6 Å². The molecule has 0 unspecified atom stereocenters. The van der Waals surface area contributed by atoms with Gasteiger partial charge in [-0.2, -0.15) is 16.8 Å². The summed E-state index contributed by atoms with van der Waals surface area (Å²) in [6, 6.07) is 11.2. The summed E-state index contributed by atoms with van der Waals surface area (Å²) >= 11 is 4.48. The van der Waals surface area contributed by atoms with Crippen LogP contribution in [0.25, 0.3) is 10.2 Å². The van der Waals surface area contributed by atoms with Crippen LogP contribution in [0.1, 0.15) is 6.42 Å². The van der Waals surface area contributed by atoms with E-state index in [1.165, 1.54) is 41.5 Å². The Morgan fingerprint density at radius 3 is 2.57 bits per heavy atom. The molecule has 10 heteroatoms. The third kappa shape index (κ3) is 5.96. The third-order valence-corrected chi connectivity index (χ3v) is 7.98. The highest BCUT2D eigenvalue weighted by Gasteiger charge is 2.13. The van der Waals surface area contributed by atoms with Crippen LogP contribution in [0.5, 0.6) is 0 Å². The number of thiazole rings is 1. The second kappa shape index (κ2) is 10.1. The zero-order valence-corrected chi connectivity index (χ0v) is 19.8. The minimum absolute atomic E-state index is 0.239. The predicted molar refractivity (Wildman–Crippen MR) is 124 cm³/mol. The Balaban J connectivity index is 1.83. The largest absolute Gasteiger partial charge is 0.316 e. The molecule has 0 radical (unpaired) electrons. The minimum Gasteiger partial charge on any atom is -0.316 e. The van der Waals surface area contributed by atoms with Crippen LogP contribution in [0.15, 0.2) is 57.2 Å². The number of carbonyl (C=O) groups is 1. The number of hydrogen-bond acceptors (Lipinski definition) is 6. The molecule has 0 atom stereocenters. The van der Waals surface area contributed by atoms with Crippen LogP contribution in [0.3, 0.4) is 0 Å². The summed E-state index contributed by atoms with van der Waals surface area (Å²) in [4.78, 5) is 18.5. The smallest absolute Gasteiger partial charge is 0.249 e. The Kier molecular flexibility index (Phi) is 7.78. The number of aryl methyl sites for hydroxylation is 1. The second-order valence-corrected chi connectivity index (χ2v) is 11.7. The lowest BCUT2D eigenvalue weighted by molar-refractivity contribution is -0.117. The topological polar surface area (TPSA) is 68.5 Å². The average molecular weight is 485 g/mol. The molecule has 30 heavy (non-hydrogen) atoms. The first-order valence-electron chi connectivity index (χ1n) is 9.06. The van der Waals surface area contributed by atoms with Crippen molar-refractivity contribution in [2.45, 2.75) is 22.8 Å². The van der Waals surface area contributed by atoms with Gasteiger partial charge in [0.15, 0.2) is 14.6 Å². The zero-order chi connectivity index (χ0) is 21.7. The number of aromatic nitrogens is 1. The van der Waals surface area contributed by atoms with E-state index in [0.717, 1.165) is 20.9 Å². The van der Waals surface area contributed by atoms with E-state index in [2.05, 4.69) is 4.99 Å². The summed E-state index contributed by atoms with van der Waals surface area (Å²) in [7, 11) is -3.31. The predicted octanol–water partition coefficient (Wildman–Crippen LogP) is 4.22. The van der Waals surface area contributed by atoms with Crippen LogP contribution in [0.4, 0.5) is 4.39 Å². The molecule has 0 N–H and O–H groups in total. The molecule has 0 saturated heterocycles. The van der Waals surface area contributed by atoms with E-state index in [9.17, 15) is 17.6 Å². The molecule has 0 fully saturated rings. The maximum atomic E-state index is 13.0. The quantitative estimate of drug-likeness (QED) is 0.448. The van der Waals surface area contributed by atoms with Gasteiger partial charge >= 0.3 is 0 Å². The Labute approximate surface area is 187 Å². The number of amides is 1. The first-order valence-corrected chi connectivity index (χ1v) is 14.1. The van der Waals surface area contributed by atoms with Crippen molar-refractivity contribution in [3.05, 3.63) is 53.1 Å². The lowest BCUT2D eigenvalue weighted by Crippen LogP contribution is -2.18. The normalized spacial score (nSPS) is 12.6. The van der Waals surface area contributed by atoms with Gasteiger partial charge in [0.2, 0.25) is 5.91 Å². The van der Waals surface area contributed by atoms with Crippen LogP contribution < -0.4 is 4.80 Å². The minimum atomic E-state index is -3.31. The summed E-state index contributed by atoms with van der Waals surface area (Å²) in [6.45, 7) is 0.676. The molecule has 5 nitrogen and oxygen atoms in total. The highest BCUT2D eigenvalue weighted by Crippen LogP contribution is 2.23. The molecule has 3 rings (SSSR count). The highest BCUT2D eigenvalue weighted by molar-refractivity contribution is 7.99. The van der Waals surface area contributed by atoms with Gasteiger partial charge in [-0.1, -0.05) is 11.3 Å². The SMILES string of the molecule is CSCCn1c(=NC(=O)CCSc2ccc(F)cc2)sc2cc(S(C)(=O)=O)ccc21. The molecule has 2 aromatic carbocycles. The van der Waals surface area contributed by atoms with E-state index in [1.807, 2.05) is 10.8 Å². The fourth-order valence-electron chi connectivity index (χ4n) is 2.72. The van der Waals surface area contributed by atoms with E-state index < -0.39 is 9.84 Å². The number of hydrogen-bond donors (Lipinski definition) is 0. The number of sulfone groups is 1. The Morgan fingerprint density at radius 2 is 1.90 bits per heavy atom. The van der Waals surface area contributed by atoms with Crippen molar-refractivity contribution in [3.63, 3.8) is 0 Å². The average Bonchev–Trinajstić information content (AvgIpc) is 3.03. The molecule has 1 aromatic heterocycles. The number of halogens is 1. The van der Waals surface area contributed by atoms with Crippen molar-refractivity contribution in [1.82, 2.24) is 4.57 Å². The molecule has 1 heterocycles. The molecule has 0 aliphatic carbocycles. The van der Waals surface area contributed by atoms with E-state index in [1.54, 1.807) is 42.1 Å². The van der Waals surface area contributed by atoms with E-state index in [4.69, 9.17) is 0 Å². The zero-order valence-electron chi connectivity index (χ0n) is 16.5. The van der Waals surface area contributed by atoms with Crippen LogP contribution >= 0.6 is 34.9 Å². The monoisotopic (exact) mass is 484 g/mol. The Bertz CT molecular complexity index is 1220.